The molecule has 0 unspecified atom stereocenters. The van der Waals surface area contributed by atoms with Crippen LogP contribution >= 0.6 is 15.9 Å². The van der Waals surface area contributed by atoms with E-state index in [-0.39, 0.29) is 0 Å². The van der Waals surface area contributed by atoms with Gasteiger partial charge in [-0.2, -0.15) is 0 Å². The Morgan fingerprint density at radius 1 is 1.20 bits per heavy atom. The lowest BCUT2D eigenvalue weighted by Crippen LogP contribution is -2.33. The summed E-state index contributed by atoms with van der Waals surface area (Å²) in [5.41, 5.74) is 1.37. The maximum absolute atomic E-state index is 5.83. The first-order chi connectivity index (χ1) is 7.15. The predicted octanol–water partition coefficient (Wildman–Crippen LogP) is 4.11. The van der Waals surface area contributed by atoms with Gasteiger partial charge in [0.25, 0.3) is 0 Å². The maximum atomic E-state index is 5.83. The molecule has 82 valence electrons. The molecule has 0 spiro atoms. The van der Waals surface area contributed by atoms with Gasteiger partial charge in [-0.1, -0.05) is 41.9 Å². The summed E-state index contributed by atoms with van der Waals surface area (Å²) in [6, 6.07) is 8.47. The fourth-order valence-electron chi connectivity index (χ4n) is 1.72. The third-order valence-electron chi connectivity index (χ3n) is 2.89. The van der Waals surface area contributed by atoms with E-state index in [1.807, 2.05) is 0 Å². The Morgan fingerprint density at radius 3 is 2.27 bits per heavy atom. The molecule has 0 bridgehead atoms. The molecule has 0 radical (unpaired) electrons. The Labute approximate surface area is 100.0 Å². The zero-order chi connectivity index (χ0) is 10.8. The minimum absolute atomic E-state index is 0.416. The Hall–Kier alpha value is -0.500. The third-order valence-corrected chi connectivity index (χ3v) is 3.63. The second-order valence-corrected chi connectivity index (χ2v) is 5.83. The van der Waals surface area contributed by atoms with Gasteiger partial charge < -0.3 is 4.74 Å². The first-order valence-corrected chi connectivity index (χ1v) is 6.47. The fraction of sp³-hybridized carbons (Fsp3) is 0.538. The number of hydrogen-bond acceptors (Lipinski definition) is 1. The highest BCUT2D eigenvalue weighted by Gasteiger charge is 2.28. The quantitative estimate of drug-likeness (QED) is 0.750. The van der Waals surface area contributed by atoms with Crippen LogP contribution in [0.4, 0.5) is 0 Å². The lowest BCUT2D eigenvalue weighted by atomic mass is 9.96. The van der Waals surface area contributed by atoms with Gasteiger partial charge >= 0.3 is 0 Å². The van der Waals surface area contributed by atoms with E-state index in [0.717, 1.165) is 18.6 Å². The average molecular weight is 269 g/mol. The molecule has 1 aromatic rings. The summed E-state index contributed by atoms with van der Waals surface area (Å²) in [4.78, 5) is 0.664. The average Bonchev–Trinajstić information content (AvgIpc) is 2.16. The normalized spacial score (nSPS) is 25.1. The number of rotatable bonds is 3. The lowest BCUT2D eigenvalue weighted by Gasteiger charge is -2.31. The van der Waals surface area contributed by atoms with E-state index in [1.54, 1.807) is 0 Å². The van der Waals surface area contributed by atoms with Crippen molar-refractivity contribution in [2.75, 3.05) is 0 Å². The Balaban J connectivity index is 1.92. The molecule has 0 amide bonds. The first-order valence-electron chi connectivity index (χ1n) is 5.56. The van der Waals surface area contributed by atoms with Crippen molar-refractivity contribution in [1.29, 1.82) is 0 Å². The zero-order valence-corrected chi connectivity index (χ0v) is 10.8. The van der Waals surface area contributed by atoms with Gasteiger partial charge in [0.15, 0.2) is 0 Å². The van der Waals surface area contributed by atoms with Gasteiger partial charge in [0, 0.05) is 4.83 Å². The monoisotopic (exact) mass is 268 g/mol. The van der Waals surface area contributed by atoms with Crippen molar-refractivity contribution in [3.63, 3.8) is 0 Å². The summed E-state index contributed by atoms with van der Waals surface area (Å²) in [5, 5.41) is 0. The summed E-state index contributed by atoms with van der Waals surface area (Å²) >= 11 is 3.56. The Bertz CT molecular complexity index is 312. The van der Waals surface area contributed by atoms with E-state index in [4.69, 9.17) is 4.74 Å². The van der Waals surface area contributed by atoms with Crippen molar-refractivity contribution in [2.24, 2.45) is 0 Å². The summed E-state index contributed by atoms with van der Waals surface area (Å²) in [7, 11) is 0. The molecule has 0 aliphatic heterocycles. The van der Waals surface area contributed by atoms with Crippen LogP contribution in [-0.2, 0) is 0 Å². The Morgan fingerprint density at radius 2 is 1.80 bits per heavy atom. The minimum atomic E-state index is 0.416. The lowest BCUT2D eigenvalue weighted by molar-refractivity contribution is 0.128. The number of hydrogen-bond donors (Lipinski definition) is 0. The molecule has 0 aromatic heterocycles. The van der Waals surface area contributed by atoms with Crippen LogP contribution < -0.4 is 4.74 Å². The molecule has 0 atom stereocenters. The van der Waals surface area contributed by atoms with E-state index in [1.165, 1.54) is 5.56 Å². The van der Waals surface area contributed by atoms with Gasteiger partial charge in [-0.05, 0) is 36.5 Å². The van der Waals surface area contributed by atoms with Crippen molar-refractivity contribution in [2.45, 2.75) is 43.5 Å². The predicted molar refractivity (Wildman–Crippen MR) is 66.9 cm³/mol. The Kier molecular flexibility index (Phi) is 3.35. The van der Waals surface area contributed by atoms with Crippen LogP contribution in [-0.4, -0.2) is 10.9 Å². The van der Waals surface area contributed by atoms with Crippen LogP contribution in [0, 0.1) is 0 Å². The van der Waals surface area contributed by atoms with Gasteiger partial charge in [0.05, 0.1) is 0 Å². The smallest absolute Gasteiger partial charge is 0.119 e. The molecule has 2 rings (SSSR count). The molecule has 0 heterocycles. The van der Waals surface area contributed by atoms with Crippen LogP contribution in [0.25, 0.3) is 0 Å². The molecule has 1 saturated carbocycles. The van der Waals surface area contributed by atoms with E-state index in [2.05, 4.69) is 54.0 Å². The van der Waals surface area contributed by atoms with Crippen LogP contribution in [0.5, 0.6) is 5.75 Å². The van der Waals surface area contributed by atoms with Crippen molar-refractivity contribution < 1.29 is 4.74 Å². The minimum Gasteiger partial charge on any atom is -0.490 e. The van der Waals surface area contributed by atoms with Crippen molar-refractivity contribution in [3.8, 4) is 5.75 Å². The number of ether oxygens (including phenoxy) is 1. The number of alkyl halides is 1. The number of benzene rings is 1. The largest absolute Gasteiger partial charge is 0.490 e. The molecule has 1 aliphatic rings. The molecule has 1 fully saturated rings. The third kappa shape index (κ3) is 2.75. The summed E-state index contributed by atoms with van der Waals surface area (Å²) < 4.78 is 5.83. The summed E-state index contributed by atoms with van der Waals surface area (Å²) in [6.07, 6.45) is 2.68. The first kappa shape index (κ1) is 11.0. The van der Waals surface area contributed by atoms with Gasteiger partial charge in [0.2, 0.25) is 0 Å². The van der Waals surface area contributed by atoms with Gasteiger partial charge in [-0.3, -0.25) is 0 Å². The van der Waals surface area contributed by atoms with Crippen molar-refractivity contribution in [1.82, 2.24) is 0 Å². The molecular weight excluding hydrogens is 252 g/mol. The summed E-state index contributed by atoms with van der Waals surface area (Å²) in [6.45, 7) is 4.41. The van der Waals surface area contributed by atoms with Gasteiger partial charge in [-0.25, -0.2) is 0 Å². The van der Waals surface area contributed by atoms with Crippen LogP contribution in [0.3, 0.4) is 0 Å². The second kappa shape index (κ2) is 4.56. The van der Waals surface area contributed by atoms with Crippen LogP contribution in [0.2, 0.25) is 0 Å². The van der Waals surface area contributed by atoms with Crippen molar-refractivity contribution >= 4 is 15.9 Å². The molecule has 0 saturated heterocycles. The molecule has 1 nitrogen and oxygen atoms in total. The van der Waals surface area contributed by atoms with E-state index in [9.17, 15) is 0 Å². The molecular formula is C13H17BrO. The molecule has 1 aliphatic carbocycles. The highest BCUT2D eigenvalue weighted by atomic mass is 79.9. The summed E-state index contributed by atoms with van der Waals surface area (Å²) in [5.74, 6) is 1.60. The molecule has 2 heteroatoms. The second-order valence-electron chi connectivity index (χ2n) is 4.53. The fourth-order valence-corrected chi connectivity index (χ4v) is 2.56. The van der Waals surface area contributed by atoms with E-state index >= 15 is 0 Å². The standard InChI is InChI=1S/C13H17BrO/c1-9(2)10-3-5-12(6-4-10)15-13-7-11(14)8-13/h3-6,9,11,13H,7-8H2,1-2H3. The molecule has 1 aromatic carbocycles. The van der Waals surface area contributed by atoms with E-state index in [0.29, 0.717) is 16.8 Å². The molecule has 0 N–H and O–H groups in total. The maximum Gasteiger partial charge on any atom is 0.119 e. The SMILES string of the molecule is CC(C)c1ccc(OC2CC(Br)C2)cc1. The highest BCUT2D eigenvalue weighted by Crippen LogP contribution is 2.31. The zero-order valence-electron chi connectivity index (χ0n) is 9.24. The van der Waals surface area contributed by atoms with Gasteiger partial charge in [-0.15, -0.1) is 0 Å². The van der Waals surface area contributed by atoms with E-state index < -0.39 is 0 Å². The van der Waals surface area contributed by atoms with Crippen LogP contribution in [0.1, 0.15) is 38.2 Å². The highest BCUT2D eigenvalue weighted by molar-refractivity contribution is 9.09. The number of halogens is 1. The molecule has 15 heavy (non-hydrogen) atoms. The van der Waals surface area contributed by atoms with Crippen molar-refractivity contribution in [3.05, 3.63) is 29.8 Å². The van der Waals surface area contributed by atoms with Gasteiger partial charge in [0.1, 0.15) is 11.9 Å². The topological polar surface area (TPSA) is 9.23 Å². The van der Waals surface area contributed by atoms with Crippen LogP contribution in [0.15, 0.2) is 24.3 Å².